The summed E-state index contributed by atoms with van der Waals surface area (Å²) in [5, 5.41) is 2.90. The molecule has 5 heteroatoms. The molecule has 0 aliphatic carbocycles. The van der Waals surface area contributed by atoms with Gasteiger partial charge in [0.1, 0.15) is 11.9 Å². The molecule has 0 saturated heterocycles. The molecule has 2 aromatic rings. The second kappa shape index (κ2) is 11.3. The lowest BCUT2D eigenvalue weighted by Crippen LogP contribution is -2.49. The first kappa shape index (κ1) is 22.6. The van der Waals surface area contributed by atoms with E-state index in [0.717, 1.165) is 17.5 Å². The monoisotopic (exact) mass is 398 g/mol. The largest absolute Gasteiger partial charge is 0.354 e. The molecule has 0 unspecified atom stereocenters. The fourth-order valence-electron chi connectivity index (χ4n) is 3.22. The maximum absolute atomic E-state index is 13.3. The van der Waals surface area contributed by atoms with Crippen molar-refractivity contribution in [3.63, 3.8) is 0 Å². The van der Waals surface area contributed by atoms with Gasteiger partial charge >= 0.3 is 0 Å². The first-order valence-electron chi connectivity index (χ1n) is 10.3. The predicted octanol–water partition coefficient (Wildman–Crippen LogP) is 4.40. The Labute approximate surface area is 173 Å². The number of hydrogen-bond acceptors (Lipinski definition) is 2. The van der Waals surface area contributed by atoms with Gasteiger partial charge in [-0.1, -0.05) is 55.8 Å². The highest BCUT2D eigenvalue weighted by Crippen LogP contribution is 2.16. The normalized spacial score (nSPS) is 11.7. The zero-order valence-corrected chi connectivity index (χ0v) is 17.6. The van der Waals surface area contributed by atoms with Crippen LogP contribution in [0, 0.1) is 12.7 Å². The summed E-state index contributed by atoms with van der Waals surface area (Å²) in [5.74, 6) is -0.535. The van der Waals surface area contributed by atoms with Crippen LogP contribution < -0.4 is 5.32 Å². The lowest BCUT2D eigenvalue weighted by atomic mass is 10.0. The molecule has 0 spiro atoms. The lowest BCUT2D eigenvalue weighted by molar-refractivity contribution is -0.141. The van der Waals surface area contributed by atoms with Crippen molar-refractivity contribution in [2.75, 3.05) is 6.54 Å². The van der Waals surface area contributed by atoms with Gasteiger partial charge in [0.05, 0.1) is 0 Å². The number of hydrogen-bond donors (Lipinski definition) is 1. The van der Waals surface area contributed by atoms with Crippen molar-refractivity contribution in [1.82, 2.24) is 10.2 Å². The Kier molecular flexibility index (Phi) is 8.84. The molecule has 29 heavy (non-hydrogen) atoms. The Morgan fingerprint density at radius 2 is 1.62 bits per heavy atom. The fraction of sp³-hybridized carbons (Fsp3) is 0.417. The Bertz CT molecular complexity index is 788. The summed E-state index contributed by atoms with van der Waals surface area (Å²) in [5.41, 5.74) is 3.07. The minimum absolute atomic E-state index is 0.0756. The molecule has 0 aliphatic rings. The molecule has 0 saturated carbocycles. The number of carbonyl (C=O) groups excluding carboxylic acids is 2. The molecule has 0 fully saturated rings. The van der Waals surface area contributed by atoms with E-state index in [9.17, 15) is 14.0 Å². The quantitative estimate of drug-likeness (QED) is 0.645. The number of nitrogens with one attached hydrogen (secondary N) is 1. The van der Waals surface area contributed by atoms with Gasteiger partial charge in [0.15, 0.2) is 0 Å². The summed E-state index contributed by atoms with van der Waals surface area (Å²) in [4.78, 5) is 27.4. The summed E-state index contributed by atoms with van der Waals surface area (Å²) < 4.78 is 13.3. The molecule has 2 rings (SSSR count). The first-order valence-corrected chi connectivity index (χ1v) is 10.3. The molecule has 0 aromatic heterocycles. The second-order valence-corrected chi connectivity index (χ2v) is 7.35. The maximum Gasteiger partial charge on any atom is 0.242 e. The summed E-state index contributed by atoms with van der Waals surface area (Å²) >= 11 is 0. The molecular weight excluding hydrogens is 367 g/mol. The van der Waals surface area contributed by atoms with Crippen LogP contribution in [0.25, 0.3) is 0 Å². The van der Waals surface area contributed by atoms with Crippen LogP contribution >= 0.6 is 0 Å². The highest BCUT2D eigenvalue weighted by Gasteiger charge is 2.28. The third-order valence-corrected chi connectivity index (χ3v) is 4.95. The number of carbonyl (C=O) groups is 2. The number of nitrogens with zero attached hydrogens (tertiary/aromatic N) is 1. The summed E-state index contributed by atoms with van der Waals surface area (Å²) in [7, 11) is 0. The molecule has 2 amide bonds. The third kappa shape index (κ3) is 7.00. The summed E-state index contributed by atoms with van der Waals surface area (Å²) in [6, 6.07) is 13.6. The van der Waals surface area contributed by atoms with Gasteiger partial charge in [-0.15, -0.1) is 0 Å². The van der Waals surface area contributed by atoms with Crippen LogP contribution in [0.2, 0.25) is 0 Å². The molecule has 1 N–H and O–H groups in total. The Balaban J connectivity index is 2.16. The van der Waals surface area contributed by atoms with E-state index in [1.54, 1.807) is 17.0 Å². The van der Waals surface area contributed by atoms with Gasteiger partial charge in [-0.05, 0) is 49.4 Å². The van der Waals surface area contributed by atoms with Gasteiger partial charge in [0.25, 0.3) is 0 Å². The second-order valence-electron chi connectivity index (χ2n) is 7.35. The van der Waals surface area contributed by atoms with Gasteiger partial charge < -0.3 is 10.2 Å². The molecule has 1 atom stereocenters. The minimum Gasteiger partial charge on any atom is -0.354 e. The molecule has 0 bridgehead atoms. The van der Waals surface area contributed by atoms with Crippen LogP contribution in [0.1, 0.15) is 49.8 Å². The van der Waals surface area contributed by atoms with E-state index in [-0.39, 0.29) is 24.2 Å². The SMILES string of the molecule is CCCNC(=O)[C@H](CC)N(Cc1ccc(F)cc1)C(=O)CCc1ccc(C)cc1. The number of halogens is 1. The third-order valence-electron chi connectivity index (χ3n) is 4.95. The van der Waals surface area contributed by atoms with Crippen molar-refractivity contribution in [3.05, 3.63) is 71.0 Å². The van der Waals surface area contributed by atoms with E-state index in [1.165, 1.54) is 17.7 Å². The van der Waals surface area contributed by atoms with E-state index < -0.39 is 6.04 Å². The van der Waals surface area contributed by atoms with E-state index in [1.807, 2.05) is 45.0 Å². The average molecular weight is 399 g/mol. The molecule has 0 aliphatic heterocycles. The number of amides is 2. The van der Waals surface area contributed by atoms with Gasteiger partial charge in [0, 0.05) is 19.5 Å². The molecule has 4 nitrogen and oxygen atoms in total. The van der Waals surface area contributed by atoms with Crippen LogP contribution in [-0.2, 0) is 22.6 Å². The number of aryl methyl sites for hydroxylation is 2. The van der Waals surface area contributed by atoms with Gasteiger partial charge in [0.2, 0.25) is 11.8 Å². The molecule has 0 radical (unpaired) electrons. The highest BCUT2D eigenvalue weighted by molar-refractivity contribution is 5.87. The van der Waals surface area contributed by atoms with Crippen molar-refractivity contribution >= 4 is 11.8 Å². The highest BCUT2D eigenvalue weighted by atomic mass is 19.1. The van der Waals surface area contributed by atoms with E-state index in [4.69, 9.17) is 0 Å². The van der Waals surface area contributed by atoms with Crippen molar-refractivity contribution in [2.24, 2.45) is 0 Å². The summed E-state index contributed by atoms with van der Waals surface area (Å²) in [6.07, 6.45) is 2.29. The van der Waals surface area contributed by atoms with Crippen molar-refractivity contribution in [2.45, 2.75) is 59.0 Å². The van der Waals surface area contributed by atoms with Crippen molar-refractivity contribution in [3.8, 4) is 0 Å². The fourth-order valence-corrected chi connectivity index (χ4v) is 3.22. The van der Waals surface area contributed by atoms with Gasteiger partial charge in [-0.2, -0.15) is 0 Å². The van der Waals surface area contributed by atoms with Crippen LogP contribution in [0.4, 0.5) is 4.39 Å². The molecule has 2 aromatic carbocycles. The van der Waals surface area contributed by atoms with Gasteiger partial charge in [-0.3, -0.25) is 9.59 Å². The van der Waals surface area contributed by atoms with E-state index in [0.29, 0.717) is 25.8 Å². The van der Waals surface area contributed by atoms with E-state index in [2.05, 4.69) is 5.32 Å². The Morgan fingerprint density at radius 3 is 2.21 bits per heavy atom. The van der Waals surface area contributed by atoms with Crippen LogP contribution in [-0.4, -0.2) is 29.3 Å². The minimum atomic E-state index is -0.544. The smallest absolute Gasteiger partial charge is 0.242 e. The average Bonchev–Trinajstić information content (AvgIpc) is 2.72. The molecular formula is C24H31FN2O2. The Hall–Kier alpha value is -2.69. The Morgan fingerprint density at radius 1 is 1.00 bits per heavy atom. The molecule has 156 valence electrons. The standard InChI is InChI=1S/C24H31FN2O2/c1-4-16-26-24(29)22(5-2)27(17-20-10-13-21(25)14-11-20)23(28)15-12-19-8-6-18(3)7-9-19/h6-11,13-14,22H,4-5,12,15-17H2,1-3H3,(H,26,29)/t22-/m0/s1. The first-order chi connectivity index (χ1) is 13.9. The van der Waals surface area contributed by atoms with Crippen molar-refractivity contribution < 1.29 is 14.0 Å². The zero-order chi connectivity index (χ0) is 21.2. The van der Waals surface area contributed by atoms with Crippen LogP contribution in [0.15, 0.2) is 48.5 Å². The number of benzene rings is 2. The topological polar surface area (TPSA) is 49.4 Å². The molecule has 0 heterocycles. The zero-order valence-electron chi connectivity index (χ0n) is 17.6. The predicted molar refractivity (Wildman–Crippen MR) is 114 cm³/mol. The van der Waals surface area contributed by atoms with Crippen LogP contribution in [0.5, 0.6) is 0 Å². The number of rotatable bonds is 10. The summed E-state index contributed by atoms with van der Waals surface area (Å²) in [6.45, 7) is 6.79. The maximum atomic E-state index is 13.3. The van der Waals surface area contributed by atoms with E-state index >= 15 is 0 Å². The van der Waals surface area contributed by atoms with Crippen LogP contribution in [0.3, 0.4) is 0 Å². The van der Waals surface area contributed by atoms with Gasteiger partial charge in [-0.25, -0.2) is 4.39 Å². The lowest BCUT2D eigenvalue weighted by Gasteiger charge is -2.30. The van der Waals surface area contributed by atoms with Crippen molar-refractivity contribution in [1.29, 1.82) is 0 Å².